The van der Waals surface area contributed by atoms with Gasteiger partial charge >= 0.3 is 0 Å². The van der Waals surface area contributed by atoms with Gasteiger partial charge in [0.05, 0.1) is 12.2 Å². The molecular formula is C10H14N2O. The summed E-state index contributed by atoms with van der Waals surface area (Å²) in [6, 6.07) is 5.91. The molecule has 1 aromatic rings. The third-order valence-electron chi connectivity index (χ3n) is 1.98. The van der Waals surface area contributed by atoms with Crippen molar-refractivity contribution in [2.45, 2.75) is 32.4 Å². The monoisotopic (exact) mass is 178 g/mol. The van der Waals surface area contributed by atoms with Crippen molar-refractivity contribution in [1.82, 2.24) is 4.57 Å². The molecule has 0 aliphatic carbocycles. The van der Waals surface area contributed by atoms with Gasteiger partial charge in [0.2, 0.25) is 0 Å². The molecule has 0 bridgehead atoms. The predicted molar refractivity (Wildman–Crippen MR) is 49.9 cm³/mol. The van der Waals surface area contributed by atoms with Crippen LogP contribution in [0.4, 0.5) is 0 Å². The number of unbranched alkanes of at least 4 members (excludes halogenated alkanes) is 1. The van der Waals surface area contributed by atoms with Crippen LogP contribution in [0, 0.1) is 11.3 Å². The number of hydrogen-bond acceptors (Lipinski definition) is 2. The van der Waals surface area contributed by atoms with E-state index in [0.717, 1.165) is 18.7 Å². The van der Waals surface area contributed by atoms with Gasteiger partial charge in [-0.2, -0.15) is 5.26 Å². The molecule has 3 nitrogen and oxygen atoms in total. The summed E-state index contributed by atoms with van der Waals surface area (Å²) in [5.74, 6) is 0. The lowest BCUT2D eigenvalue weighted by atomic mass is 10.2. The largest absolute Gasteiger partial charge is 0.387 e. The fourth-order valence-corrected chi connectivity index (χ4v) is 1.34. The number of nitriles is 1. The van der Waals surface area contributed by atoms with Gasteiger partial charge in [-0.3, -0.25) is 0 Å². The van der Waals surface area contributed by atoms with Crippen LogP contribution in [0.2, 0.25) is 0 Å². The zero-order chi connectivity index (χ0) is 9.68. The molecule has 1 rings (SSSR count). The van der Waals surface area contributed by atoms with E-state index in [1.165, 1.54) is 0 Å². The molecule has 0 saturated carbocycles. The van der Waals surface area contributed by atoms with Crippen LogP contribution in [0.1, 0.15) is 31.6 Å². The van der Waals surface area contributed by atoms with E-state index in [1.54, 1.807) is 6.92 Å². The van der Waals surface area contributed by atoms with Gasteiger partial charge in [0.25, 0.3) is 0 Å². The van der Waals surface area contributed by atoms with Crippen molar-refractivity contribution in [3.63, 3.8) is 0 Å². The Labute approximate surface area is 78.2 Å². The van der Waals surface area contributed by atoms with Gasteiger partial charge in [-0.15, -0.1) is 0 Å². The average molecular weight is 178 g/mol. The van der Waals surface area contributed by atoms with E-state index >= 15 is 0 Å². The summed E-state index contributed by atoms with van der Waals surface area (Å²) in [5.41, 5.74) is 0.915. The number of aromatic nitrogens is 1. The number of rotatable bonds is 4. The first-order valence-corrected chi connectivity index (χ1v) is 4.45. The predicted octanol–water partition coefficient (Wildman–Crippen LogP) is 1.85. The van der Waals surface area contributed by atoms with Crippen molar-refractivity contribution in [1.29, 1.82) is 5.26 Å². The van der Waals surface area contributed by atoms with Crippen LogP contribution in [0.25, 0.3) is 0 Å². The van der Waals surface area contributed by atoms with E-state index in [1.807, 2.05) is 22.9 Å². The lowest BCUT2D eigenvalue weighted by Crippen LogP contribution is -2.04. The minimum absolute atomic E-state index is 0.433. The fourth-order valence-electron chi connectivity index (χ4n) is 1.34. The second-order valence-corrected chi connectivity index (χ2v) is 3.06. The summed E-state index contributed by atoms with van der Waals surface area (Å²) in [7, 11) is 0. The molecule has 0 aromatic carbocycles. The van der Waals surface area contributed by atoms with Gasteiger partial charge in [-0.25, -0.2) is 0 Å². The Balaban J connectivity index is 2.56. The van der Waals surface area contributed by atoms with E-state index < -0.39 is 6.10 Å². The van der Waals surface area contributed by atoms with Crippen LogP contribution in [0.3, 0.4) is 0 Å². The Bertz CT molecular complexity index is 296. The minimum atomic E-state index is -0.433. The first kappa shape index (κ1) is 9.82. The first-order valence-electron chi connectivity index (χ1n) is 4.45. The van der Waals surface area contributed by atoms with Crippen molar-refractivity contribution in [3.05, 3.63) is 24.0 Å². The summed E-state index contributed by atoms with van der Waals surface area (Å²) < 4.78 is 1.99. The summed E-state index contributed by atoms with van der Waals surface area (Å²) in [6.45, 7) is 2.55. The minimum Gasteiger partial charge on any atom is -0.387 e. The van der Waals surface area contributed by atoms with Crippen LogP contribution in [0.5, 0.6) is 0 Å². The Morgan fingerprint density at radius 1 is 1.69 bits per heavy atom. The number of aliphatic hydroxyl groups is 1. The third kappa shape index (κ3) is 2.60. The zero-order valence-corrected chi connectivity index (χ0v) is 7.77. The lowest BCUT2D eigenvalue weighted by Gasteiger charge is -2.09. The molecule has 0 fully saturated rings. The number of aryl methyl sites for hydroxylation is 1. The Kier molecular flexibility index (Phi) is 3.53. The summed E-state index contributed by atoms with van der Waals surface area (Å²) in [4.78, 5) is 0. The number of nitrogens with zero attached hydrogens (tertiary/aromatic N) is 2. The topological polar surface area (TPSA) is 49.0 Å². The molecule has 0 amide bonds. The highest BCUT2D eigenvalue weighted by Crippen LogP contribution is 2.13. The molecular weight excluding hydrogens is 164 g/mol. The van der Waals surface area contributed by atoms with Crippen LogP contribution in [0.15, 0.2) is 18.3 Å². The molecule has 0 radical (unpaired) electrons. The van der Waals surface area contributed by atoms with Gasteiger partial charge < -0.3 is 9.67 Å². The van der Waals surface area contributed by atoms with Crippen LogP contribution in [-0.2, 0) is 6.54 Å². The van der Waals surface area contributed by atoms with Gasteiger partial charge in [0.1, 0.15) is 0 Å². The summed E-state index contributed by atoms with van der Waals surface area (Å²) in [6.07, 6.45) is 2.90. The average Bonchev–Trinajstić information content (AvgIpc) is 2.53. The molecule has 1 N–H and O–H groups in total. The van der Waals surface area contributed by atoms with Crippen molar-refractivity contribution < 1.29 is 5.11 Å². The fraction of sp³-hybridized carbons (Fsp3) is 0.500. The highest BCUT2D eigenvalue weighted by molar-refractivity contribution is 5.09. The van der Waals surface area contributed by atoms with Crippen LogP contribution < -0.4 is 0 Å². The maximum atomic E-state index is 9.36. The Morgan fingerprint density at radius 3 is 3.08 bits per heavy atom. The SMILES string of the molecule is CC(O)c1cccn1CCCC#N. The molecule has 3 heteroatoms. The van der Waals surface area contributed by atoms with Gasteiger partial charge in [0, 0.05) is 24.9 Å². The van der Waals surface area contributed by atoms with Gasteiger partial charge in [-0.1, -0.05) is 0 Å². The molecule has 70 valence electrons. The summed E-state index contributed by atoms with van der Waals surface area (Å²) in [5, 5.41) is 17.7. The van der Waals surface area contributed by atoms with Crippen molar-refractivity contribution >= 4 is 0 Å². The van der Waals surface area contributed by atoms with Gasteiger partial charge in [-0.05, 0) is 25.5 Å². The molecule has 0 spiro atoms. The Morgan fingerprint density at radius 2 is 2.46 bits per heavy atom. The van der Waals surface area contributed by atoms with E-state index in [0.29, 0.717) is 6.42 Å². The van der Waals surface area contributed by atoms with Gasteiger partial charge in [0.15, 0.2) is 0 Å². The Hall–Kier alpha value is -1.27. The molecule has 1 aromatic heterocycles. The maximum absolute atomic E-state index is 9.36. The number of aliphatic hydroxyl groups excluding tert-OH is 1. The van der Waals surface area contributed by atoms with Crippen LogP contribution in [-0.4, -0.2) is 9.67 Å². The zero-order valence-electron chi connectivity index (χ0n) is 7.77. The molecule has 1 unspecified atom stereocenters. The maximum Gasteiger partial charge on any atom is 0.0911 e. The lowest BCUT2D eigenvalue weighted by molar-refractivity contribution is 0.189. The molecule has 1 heterocycles. The molecule has 0 saturated heterocycles. The standard InChI is InChI=1S/C10H14N2O/c1-9(13)10-5-4-8-12(10)7-3-2-6-11/h4-5,8-9,13H,2-3,7H2,1H3. The highest BCUT2D eigenvalue weighted by Gasteiger charge is 2.05. The summed E-state index contributed by atoms with van der Waals surface area (Å²) >= 11 is 0. The smallest absolute Gasteiger partial charge is 0.0911 e. The second-order valence-electron chi connectivity index (χ2n) is 3.06. The van der Waals surface area contributed by atoms with Crippen molar-refractivity contribution in [2.24, 2.45) is 0 Å². The van der Waals surface area contributed by atoms with Crippen molar-refractivity contribution in [3.8, 4) is 6.07 Å². The van der Waals surface area contributed by atoms with E-state index in [4.69, 9.17) is 5.26 Å². The second kappa shape index (κ2) is 4.68. The molecule has 0 aliphatic rings. The normalized spacial score (nSPS) is 12.4. The highest BCUT2D eigenvalue weighted by atomic mass is 16.3. The molecule has 0 aliphatic heterocycles. The van der Waals surface area contributed by atoms with E-state index in [2.05, 4.69) is 6.07 Å². The first-order chi connectivity index (χ1) is 6.25. The van der Waals surface area contributed by atoms with Crippen molar-refractivity contribution in [2.75, 3.05) is 0 Å². The van der Waals surface area contributed by atoms with Crippen LogP contribution >= 0.6 is 0 Å². The molecule has 13 heavy (non-hydrogen) atoms. The quantitative estimate of drug-likeness (QED) is 0.715. The third-order valence-corrected chi connectivity index (χ3v) is 1.98. The van der Waals surface area contributed by atoms with E-state index in [-0.39, 0.29) is 0 Å². The van der Waals surface area contributed by atoms with E-state index in [9.17, 15) is 5.11 Å². The number of hydrogen-bond donors (Lipinski definition) is 1. The molecule has 1 atom stereocenters.